The van der Waals surface area contributed by atoms with Crippen LogP contribution < -0.4 is 5.32 Å². The first kappa shape index (κ1) is 12.2. The van der Waals surface area contributed by atoms with Crippen molar-refractivity contribution in [2.24, 2.45) is 0 Å². The minimum absolute atomic E-state index is 0.899. The summed E-state index contributed by atoms with van der Waals surface area (Å²) in [5.74, 6) is 0. The van der Waals surface area contributed by atoms with Gasteiger partial charge >= 0.3 is 0 Å². The summed E-state index contributed by atoms with van der Waals surface area (Å²) in [6, 6.07) is 7.01. The van der Waals surface area contributed by atoms with Gasteiger partial charge in [-0.2, -0.15) is 0 Å². The van der Waals surface area contributed by atoms with Crippen molar-refractivity contribution in [3.8, 4) is 0 Å². The van der Waals surface area contributed by atoms with Crippen LogP contribution in [0.25, 0.3) is 0 Å². The molecule has 3 heteroatoms. The van der Waals surface area contributed by atoms with E-state index in [9.17, 15) is 0 Å². The second kappa shape index (κ2) is 5.83. The van der Waals surface area contributed by atoms with Gasteiger partial charge in [0.25, 0.3) is 0 Å². The number of fused-ring (bicyclic) bond motifs is 1. The summed E-state index contributed by atoms with van der Waals surface area (Å²) in [5, 5.41) is 3.42. The fraction of sp³-hybridized carbons (Fsp3) is 0.600. The molecule has 0 bridgehead atoms. The fourth-order valence-electron chi connectivity index (χ4n) is 2.80. The Kier molecular flexibility index (Phi) is 3.93. The highest BCUT2D eigenvalue weighted by molar-refractivity contribution is 5.33. The summed E-state index contributed by atoms with van der Waals surface area (Å²) < 4.78 is 5.38. The van der Waals surface area contributed by atoms with Crippen LogP contribution in [0.3, 0.4) is 0 Å². The number of hydrogen-bond acceptors (Lipinski definition) is 3. The minimum atomic E-state index is 0.899. The van der Waals surface area contributed by atoms with Gasteiger partial charge in [0, 0.05) is 26.2 Å². The zero-order chi connectivity index (χ0) is 12.2. The molecule has 0 spiro atoms. The van der Waals surface area contributed by atoms with Crippen LogP contribution in [0.15, 0.2) is 18.2 Å². The smallest absolute Gasteiger partial charge is 0.0594 e. The Morgan fingerprint density at radius 1 is 1.17 bits per heavy atom. The third-order valence-electron chi connectivity index (χ3n) is 3.98. The van der Waals surface area contributed by atoms with Gasteiger partial charge in [-0.3, -0.25) is 4.90 Å². The molecule has 1 saturated heterocycles. The van der Waals surface area contributed by atoms with Crippen LogP contribution in [0.4, 0.5) is 0 Å². The Morgan fingerprint density at radius 2 is 2.06 bits per heavy atom. The van der Waals surface area contributed by atoms with E-state index in [4.69, 9.17) is 4.74 Å². The molecule has 0 aliphatic carbocycles. The predicted octanol–water partition coefficient (Wildman–Crippen LogP) is 1.21. The highest BCUT2D eigenvalue weighted by atomic mass is 16.5. The molecule has 0 saturated carbocycles. The number of hydrogen-bond donors (Lipinski definition) is 1. The molecule has 98 valence electrons. The number of ether oxygens (including phenoxy) is 1. The van der Waals surface area contributed by atoms with Gasteiger partial charge in [-0.25, -0.2) is 0 Å². The molecule has 18 heavy (non-hydrogen) atoms. The van der Waals surface area contributed by atoms with E-state index < -0.39 is 0 Å². The molecule has 3 rings (SSSR count). The summed E-state index contributed by atoms with van der Waals surface area (Å²) in [6.45, 7) is 7.31. The molecule has 0 amide bonds. The molecule has 2 aliphatic rings. The Bertz CT molecular complexity index is 399. The number of nitrogens with one attached hydrogen (secondary N) is 1. The molecule has 1 fully saturated rings. The van der Waals surface area contributed by atoms with E-state index in [1.54, 1.807) is 5.56 Å². The quantitative estimate of drug-likeness (QED) is 0.867. The van der Waals surface area contributed by atoms with Gasteiger partial charge in [0.05, 0.1) is 13.2 Å². The summed E-state index contributed by atoms with van der Waals surface area (Å²) in [5.41, 5.74) is 4.52. The second-order valence-corrected chi connectivity index (χ2v) is 5.23. The van der Waals surface area contributed by atoms with Crippen LogP contribution in [0.5, 0.6) is 0 Å². The zero-order valence-corrected chi connectivity index (χ0v) is 11.0. The van der Waals surface area contributed by atoms with Crippen molar-refractivity contribution in [3.05, 3.63) is 34.9 Å². The Labute approximate surface area is 109 Å². The van der Waals surface area contributed by atoms with E-state index in [2.05, 4.69) is 28.4 Å². The lowest BCUT2D eigenvalue weighted by atomic mass is 9.97. The second-order valence-electron chi connectivity index (χ2n) is 5.23. The number of benzene rings is 1. The van der Waals surface area contributed by atoms with E-state index in [0.29, 0.717) is 0 Å². The van der Waals surface area contributed by atoms with Crippen LogP contribution in [-0.2, 0) is 24.1 Å². The monoisotopic (exact) mass is 246 g/mol. The molecule has 2 aliphatic heterocycles. The third-order valence-corrected chi connectivity index (χ3v) is 3.98. The van der Waals surface area contributed by atoms with Crippen LogP contribution in [0, 0.1) is 0 Å². The van der Waals surface area contributed by atoms with Crippen molar-refractivity contribution in [1.82, 2.24) is 10.2 Å². The lowest BCUT2D eigenvalue weighted by Crippen LogP contribution is -2.37. The topological polar surface area (TPSA) is 24.5 Å². The van der Waals surface area contributed by atoms with Crippen LogP contribution in [0.1, 0.15) is 16.7 Å². The average molecular weight is 246 g/mol. The standard InChI is InChI=1S/C15H22N2O/c1-2-15-12-16-5-3-14(15)11-13(1)4-6-17-7-9-18-10-8-17/h1-2,11,16H,3-10,12H2. The fourth-order valence-corrected chi connectivity index (χ4v) is 2.80. The molecule has 0 atom stereocenters. The van der Waals surface area contributed by atoms with E-state index in [1.165, 1.54) is 30.5 Å². The molecule has 0 unspecified atom stereocenters. The van der Waals surface area contributed by atoms with Gasteiger partial charge in [0.2, 0.25) is 0 Å². The molecule has 0 radical (unpaired) electrons. The highest BCUT2D eigenvalue weighted by Gasteiger charge is 2.11. The van der Waals surface area contributed by atoms with Crippen molar-refractivity contribution in [3.63, 3.8) is 0 Å². The maximum Gasteiger partial charge on any atom is 0.0594 e. The van der Waals surface area contributed by atoms with Gasteiger partial charge in [0.15, 0.2) is 0 Å². The third kappa shape index (κ3) is 2.91. The molecular weight excluding hydrogens is 224 g/mol. The lowest BCUT2D eigenvalue weighted by Gasteiger charge is -2.26. The average Bonchev–Trinajstić information content (AvgIpc) is 2.46. The first-order chi connectivity index (χ1) is 8.92. The highest BCUT2D eigenvalue weighted by Crippen LogP contribution is 2.16. The maximum atomic E-state index is 5.38. The maximum absolute atomic E-state index is 5.38. The van der Waals surface area contributed by atoms with Crippen molar-refractivity contribution >= 4 is 0 Å². The number of nitrogens with zero attached hydrogens (tertiary/aromatic N) is 1. The first-order valence-electron chi connectivity index (χ1n) is 7.03. The Hall–Kier alpha value is -0.900. The molecule has 0 aromatic heterocycles. The van der Waals surface area contributed by atoms with Crippen LogP contribution >= 0.6 is 0 Å². The van der Waals surface area contributed by atoms with Crippen LogP contribution in [0.2, 0.25) is 0 Å². The Balaban J connectivity index is 1.58. The lowest BCUT2D eigenvalue weighted by molar-refractivity contribution is 0.0384. The number of morpholine rings is 1. The molecule has 1 N–H and O–H groups in total. The molecule has 3 nitrogen and oxygen atoms in total. The van der Waals surface area contributed by atoms with Gasteiger partial charge in [-0.05, 0) is 36.1 Å². The van der Waals surface area contributed by atoms with E-state index in [1.807, 2.05) is 0 Å². The molecular formula is C15H22N2O. The van der Waals surface area contributed by atoms with Gasteiger partial charge < -0.3 is 10.1 Å². The van der Waals surface area contributed by atoms with Gasteiger partial charge in [0.1, 0.15) is 0 Å². The van der Waals surface area contributed by atoms with E-state index in [-0.39, 0.29) is 0 Å². The van der Waals surface area contributed by atoms with Gasteiger partial charge in [-0.15, -0.1) is 0 Å². The first-order valence-corrected chi connectivity index (χ1v) is 7.03. The summed E-state index contributed by atoms with van der Waals surface area (Å²) in [7, 11) is 0. The molecule has 2 heterocycles. The Morgan fingerprint density at radius 3 is 2.94 bits per heavy atom. The van der Waals surface area contributed by atoms with Crippen molar-refractivity contribution < 1.29 is 4.74 Å². The minimum Gasteiger partial charge on any atom is -0.379 e. The zero-order valence-electron chi connectivity index (χ0n) is 11.0. The number of rotatable bonds is 3. The summed E-state index contributed by atoms with van der Waals surface area (Å²) >= 11 is 0. The molecule has 1 aromatic carbocycles. The summed E-state index contributed by atoms with van der Waals surface area (Å²) in [4.78, 5) is 2.50. The van der Waals surface area contributed by atoms with Crippen molar-refractivity contribution in [2.45, 2.75) is 19.4 Å². The van der Waals surface area contributed by atoms with Gasteiger partial charge in [-0.1, -0.05) is 18.2 Å². The van der Waals surface area contributed by atoms with E-state index >= 15 is 0 Å². The summed E-state index contributed by atoms with van der Waals surface area (Å²) in [6.07, 6.45) is 2.35. The van der Waals surface area contributed by atoms with Crippen molar-refractivity contribution in [2.75, 3.05) is 39.4 Å². The SMILES string of the molecule is c1cc2c(cc1CCN1CCOCC1)CCNC2. The normalized spacial score (nSPS) is 20.7. The van der Waals surface area contributed by atoms with Crippen molar-refractivity contribution in [1.29, 1.82) is 0 Å². The van der Waals surface area contributed by atoms with E-state index in [0.717, 1.165) is 39.4 Å². The van der Waals surface area contributed by atoms with Crippen LogP contribution in [-0.4, -0.2) is 44.3 Å². The molecule has 1 aromatic rings. The predicted molar refractivity (Wildman–Crippen MR) is 72.8 cm³/mol. The largest absolute Gasteiger partial charge is 0.379 e.